The maximum absolute atomic E-state index is 12.1. The van der Waals surface area contributed by atoms with E-state index in [0.717, 1.165) is 18.5 Å². The van der Waals surface area contributed by atoms with Crippen molar-refractivity contribution in [1.82, 2.24) is 10.3 Å². The first kappa shape index (κ1) is 14.5. The summed E-state index contributed by atoms with van der Waals surface area (Å²) in [5, 5.41) is 7.03. The number of aromatic nitrogens is 1. The summed E-state index contributed by atoms with van der Waals surface area (Å²) in [6.45, 7) is 2.60. The SMILES string of the molecule is CCc1cc(C(=O)NCCc2ccsc2)cc(NN)n1. The number of amides is 1. The summed E-state index contributed by atoms with van der Waals surface area (Å²) in [5.74, 6) is 5.77. The van der Waals surface area contributed by atoms with E-state index in [9.17, 15) is 4.79 Å². The molecule has 2 heterocycles. The van der Waals surface area contributed by atoms with Gasteiger partial charge in [0.25, 0.3) is 5.91 Å². The van der Waals surface area contributed by atoms with Crippen LogP contribution in [0.2, 0.25) is 0 Å². The number of nitrogen functional groups attached to an aromatic ring is 1. The second-order valence-electron chi connectivity index (χ2n) is 4.37. The highest BCUT2D eigenvalue weighted by Gasteiger charge is 2.08. The number of nitrogens with zero attached hydrogens (tertiary/aromatic N) is 1. The van der Waals surface area contributed by atoms with Crippen molar-refractivity contribution in [1.29, 1.82) is 0 Å². The van der Waals surface area contributed by atoms with E-state index in [1.165, 1.54) is 5.56 Å². The fourth-order valence-corrected chi connectivity index (χ4v) is 2.53. The minimum atomic E-state index is -0.103. The number of hydrogen-bond donors (Lipinski definition) is 3. The summed E-state index contributed by atoms with van der Waals surface area (Å²) in [6.07, 6.45) is 1.59. The summed E-state index contributed by atoms with van der Waals surface area (Å²) in [7, 11) is 0. The smallest absolute Gasteiger partial charge is 0.251 e. The van der Waals surface area contributed by atoms with Gasteiger partial charge in [-0.1, -0.05) is 6.92 Å². The number of anilines is 1. The van der Waals surface area contributed by atoms with Crippen LogP contribution >= 0.6 is 11.3 Å². The molecule has 0 aliphatic rings. The third-order valence-electron chi connectivity index (χ3n) is 2.93. The molecule has 1 amide bonds. The van der Waals surface area contributed by atoms with Gasteiger partial charge in [-0.25, -0.2) is 10.8 Å². The van der Waals surface area contributed by atoms with E-state index >= 15 is 0 Å². The van der Waals surface area contributed by atoms with E-state index in [-0.39, 0.29) is 5.91 Å². The Labute approximate surface area is 122 Å². The van der Waals surface area contributed by atoms with E-state index in [2.05, 4.69) is 27.2 Å². The Morgan fingerprint density at radius 2 is 2.30 bits per heavy atom. The first-order chi connectivity index (χ1) is 9.72. The highest BCUT2D eigenvalue weighted by molar-refractivity contribution is 7.07. The Hall–Kier alpha value is -1.92. The van der Waals surface area contributed by atoms with Crippen LogP contribution in [0.25, 0.3) is 0 Å². The molecule has 0 spiro atoms. The lowest BCUT2D eigenvalue weighted by molar-refractivity contribution is 0.0954. The second kappa shape index (κ2) is 7.02. The number of rotatable bonds is 6. The van der Waals surface area contributed by atoms with Gasteiger partial charge >= 0.3 is 0 Å². The van der Waals surface area contributed by atoms with Gasteiger partial charge in [-0.2, -0.15) is 11.3 Å². The van der Waals surface area contributed by atoms with Crippen LogP contribution in [0.5, 0.6) is 0 Å². The van der Waals surface area contributed by atoms with Crippen LogP contribution in [-0.2, 0) is 12.8 Å². The quantitative estimate of drug-likeness (QED) is 0.561. The van der Waals surface area contributed by atoms with E-state index in [0.29, 0.717) is 17.9 Å². The van der Waals surface area contributed by atoms with Gasteiger partial charge in [0, 0.05) is 17.8 Å². The van der Waals surface area contributed by atoms with Gasteiger partial charge in [-0.05, 0) is 47.4 Å². The lowest BCUT2D eigenvalue weighted by Gasteiger charge is -2.08. The molecule has 0 saturated heterocycles. The van der Waals surface area contributed by atoms with Gasteiger partial charge in [0.2, 0.25) is 0 Å². The van der Waals surface area contributed by atoms with Crippen molar-refractivity contribution in [3.05, 3.63) is 45.8 Å². The lowest BCUT2D eigenvalue weighted by Crippen LogP contribution is -2.26. The summed E-state index contributed by atoms with van der Waals surface area (Å²) in [4.78, 5) is 16.4. The number of aryl methyl sites for hydroxylation is 1. The number of pyridine rings is 1. The van der Waals surface area contributed by atoms with E-state index in [1.54, 1.807) is 23.5 Å². The maximum Gasteiger partial charge on any atom is 0.251 e. The topological polar surface area (TPSA) is 80.0 Å². The predicted molar refractivity (Wildman–Crippen MR) is 81.8 cm³/mol. The van der Waals surface area contributed by atoms with Crippen molar-refractivity contribution in [2.75, 3.05) is 12.0 Å². The first-order valence-electron chi connectivity index (χ1n) is 6.49. The van der Waals surface area contributed by atoms with Crippen molar-refractivity contribution in [2.24, 2.45) is 5.84 Å². The molecule has 0 fully saturated rings. The number of nitrogens with one attached hydrogen (secondary N) is 2. The Bertz CT molecular complexity index is 546. The number of carbonyl (C=O) groups excluding carboxylic acids is 1. The predicted octanol–water partition coefficient (Wildman–Crippen LogP) is 1.96. The van der Waals surface area contributed by atoms with E-state index in [4.69, 9.17) is 5.84 Å². The maximum atomic E-state index is 12.1. The van der Waals surface area contributed by atoms with Gasteiger partial charge in [-0.15, -0.1) is 0 Å². The van der Waals surface area contributed by atoms with Crippen LogP contribution in [0.3, 0.4) is 0 Å². The van der Waals surface area contributed by atoms with Gasteiger partial charge in [0.15, 0.2) is 0 Å². The van der Waals surface area contributed by atoms with Crippen LogP contribution in [-0.4, -0.2) is 17.4 Å². The Balaban J connectivity index is 1.97. The van der Waals surface area contributed by atoms with Crippen LogP contribution in [0, 0.1) is 0 Å². The molecule has 0 unspecified atom stereocenters. The molecule has 106 valence electrons. The fraction of sp³-hybridized carbons (Fsp3) is 0.286. The van der Waals surface area contributed by atoms with Crippen molar-refractivity contribution in [2.45, 2.75) is 19.8 Å². The average molecular weight is 290 g/mol. The Kier molecular flexibility index (Phi) is 5.09. The zero-order valence-electron chi connectivity index (χ0n) is 11.3. The first-order valence-corrected chi connectivity index (χ1v) is 7.44. The van der Waals surface area contributed by atoms with Crippen LogP contribution in [0.15, 0.2) is 29.0 Å². The van der Waals surface area contributed by atoms with Crippen LogP contribution in [0.1, 0.15) is 28.5 Å². The number of thiophene rings is 1. The molecule has 2 aromatic heterocycles. The molecule has 0 aromatic carbocycles. The normalized spacial score (nSPS) is 10.3. The minimum absolute atomic E-state index is 0.103. The van der Waals surface area contributed by atoms with Crippen molar-refractivity contribution >= 4 is 23.1 Å². The summed E-state index contributed by atoms with van der Waals surface area (Å²) < 4.78 is 0. The molecule has 0 atom stereocenters. The van der Waals surface area contributed by atoms with Gasteiger partial charge in [0.05, 0.1) is 0 Å². The van der Waals surface area contributed by atoms with Crippen molar-refractivity contribution in [3.8, 4) is 0 Å². The second-order valence-corrected chi connectivity index (χ2v) is 5.15. The van der Waals surface area contributed by atoms with Gasteiger partial charge in [-0.3, -0.25) is 4.79 Å². The van der Waals surface area contributed by atoms with Crippen LogP contribution < -0.4 is 16.6 Å². The largest absolute Gasteiger partial charge is 0.352 e. The van der Waals surface area contributed by atoms with Crippen LogP contribution in [0.4, 0.5) is 5.82 Å². The molecular weight excluding hydrogens is 272 g/mol. The number of hydrogen-bond acceptors (Lipinski definition) is 5. The molecule has 6 heteroatoms. The standard InChI is InChI=1S/C14H18N4OS/c1-2-12-7-11(8-13(17-12)18-15)14(19)16-5-3-10-4-6-20-9-10/h4,6-9H,2-3,5,15H2,1H3,(H,16,19)(H,17,18). The fourth-order valence-electron chi connectivity index (χ4n) is 1.83. The number of carbonyl (C=O) groups is 1. The van der Waals surface area contributed by atoms with Crippen molar-refractivity contribution in [3.63, 3.8) is 0 Å². The molecule has 2 aromatic rings. The lowest BCUT2D eigenvalue weighted by atomic mass is 10.1. The molecule has 0 aliphatic carbocycles. The molecule has 0 saturated carbocycles. The van der Waals surface area contributed by atoms with Gasteiger partial charge in [0.1, 0.15) is 5.82 Å². The number of nitrogens with two attached hydrogens (primary N) is 1. The molecule has 4 N–H and O–H groups in total. The minimum Gasteiger partial charge on any atom is -0.352 e. The monoisotopic (exact) mass is 290 g/mol. The molecule has 0 aliphatic heterocycles. The molecule has 20 heavy (non-hydrogen) atoms. The Morgan fingerprint density at radius 1 is 1.45 bits per heavy atom. The highest BCUT2D eigenvalue weighted by atomic mass is 32.1. The molecule has 5 nitrogen and oxygen atoms in total. The van der Waals surface area contributed by atoms with Crippen molar-refractivity contribution < 1.29 is 4.79 Å². The number of hydrazine groups is 1. The Morgan fingerprint density at radius 3 is 2.95 bits per heavy atom. The summed E-state index contributed by atoms with van der Waals surface area (Å²) in [6, 6.07) is 5.51. The molecular formula is C14H18N4OS. The van der Waals surface area contributed by atoms with E-state index < -0.39 is 0 Å². The summed E-state index contributed by atoms with van der Waals surface area (Å²) >= 11 is 1.66. The van der Waals surface area contributed by atoms with Gasteiger partial charge < -0.3 is 10.7 Å². The highest BCUT2D eigenvalue weighted by Crippen LogP contribution is 2.11. The zero-order chi connectivity index (χ0) is 14.4. The molecule has 0 radical (unpaired) electrons. The third-order valence-corrected chi connectivity index (χ3v) is 3.66. The third kappa shape index (κ3) is 3.79. The summed E-state index contributed by atoms with van der Waals surface area (Å²) in [5.41, 5.74) is 5.14. The molecule has 0 bridgehead atoms. The average Bonchev–Trinajstić information content (AvgIpc) is 2.99. The zero-order valence-corrected chi connectivity index (χ0v) is 12.2. The van der Waals surface area contributed by atoms with E-state index in [1.807, 2.05) is 12.3 Å². The molecule has 2 rings (SSSR count).